The van der Waals surface area contributed by atoms with Crippen molar-refractivity contribution in [2.75, 3.05) is 51.3 Å². The molecule has 0 atom stereocenters. The maximum atomic E-state index is 14.0. The third kappa shape index (κ3) is 6.22. The number of ether oxygens (including phenoxy) is 1. The van der Waals surface area contributed by atoms with E-state index in [4.69, 9.17) is 16.3 Å². The van der Waals surface area contributed by atoms with Crippen LogP contribution in [0.4, 0.5) is 14.3 Å². The third-order valence-corrected chi connectivity index (χ3v) is 6.36. The molecule has 2 aliphatic rings. The van der Waals surface area contributed by atoms with Gasteiger partial charge in [0.2, 0.25) is 5.13 Å². The topological polar surface area (TPSA) is 70.6 Å². The molecule has 31 heavy (non-hydrogen) atoms. The molecular weight excluding hydrogens is 441 g/mol. The molecule has 1 aromatic heterocycles. The summed E-state index contributed by atoms with van der Waals surface area (Å²) in [4.78, 5) is 21.1. The van der Waals surface area contributed by atoms with E-state index >= 15 is 0 Å². The minimum absolute atomic E-state index is 0.174. The maximum Gasteiger partial charge on any atom is 0.323 e. The summed E-state index contributed by atoms with van der Waals surface area (Å²) in [6.45, 7) is 5.46. The van der Waals surface area contributed by atoms with Gasteiger partial charge < -0.3 is 9.64 Å². The third-order valence-electron chi connectivity index (χ3n) is 5.45. The average molecular weight is 466 g/mol. The highest BCUT2D eigenvalue weighted by Crippen LogP contribution is 2.23. The van der Waals surface area contributed by atoms with Gasteiger partial charge in [-0.2, -0.15) is 4.37 Å². The van der Waals surface area contributed by atoms with Gasteiger partial charge in [-0.15, -0.1) is 0 Å². The highest BCUT2D eigenvalue weighted by molar-refractivity contribution is 7.09. The molecule has 2 fully saturated rings. The normalized spacial score (nSPS) is 17.6. The van der Waals surface area contributed by atoms with Crippen LogP contribution in [0.15, 0.2) is 23.8 Å². The van der Waals surface area contributed by atoms with Gasteiger partial charge in [-0.05, 0) is 25.0 Å². The molecule has 2 amide bonds. The Kier molecular flexibility index (Phi) is 7.49. The molecule has 3 heterocycles. The molecule has 2 saturated heterocycles. The monoisotopic (exact) mass is 465 g/mol. The molecule has 0 spiro atoms. The van der Waals surface area contributed by atoms with Crippen LogP contribution in [-0.2, 0) is 11.2 Å². The zero-order valence-electron chi connectivity index (χ0n) is 17.1. The number of amides is 2. The Morgan fingerprint density at radius 2 is 2.03 bits per heavy atom. The number of nitrogens with zero attached hydrogens (tertiary/aromatic N) is 4. The van der Waals surface area contributed by atoms with E-state index in [2.05, 4.69) is 19.6 Å². The standard InChI is InChI=1S/C21H25ClFN5O2S/c22-17-2-1-16(18(23)14-17)13-15-3-7-28(8-4-15)21(29)25-20-24-19(26-31-20)5-6-27-9-11-30-12-10-27/h1-2,13-14H,3-12H2,(H,24,25,26,29). The van der Waals surface area contributed by atoms with Crippen molar-refractivity contribution in [1.29, 1.82) is 0 Å². The lowest BCUT2D eigenvalue weighted by atomic mass is 10.0. The summed E-state index contributed by atoms with van der Waals surface area (Å²) < 4.78 is 23.7. The van der Waals surface area contributed by atoms with Gasteiger partial charge >= 0.3 is 6.03 Å². The van der Waals surface area contributed by atoms with Crippen molar-refractivity contribution in [1.82, 2.24) is 19.2 Å². The summed E-state index contributed by atoms with van der Waals surface area (Å²) in [7, 11) is 0. The van der Waals surface area contributed by atoms with E-state index in [1.807, 2.05) is 6.08 Å². The Balaban J connectivity index is 1.24. The van der Waals surface area contributed by atoms with E-state index in [1.165, 1.54) is 17.6 Å². The van der Waals surface area contributed by atoms with Crippen LogP contribution in [0.5, 0.6) is 0 Å². The molecule has 0 aliphatic carbocycles. The molecule has 10 heteroatoms. The van der Waals surface area contributed by atoms with Crippen LogP contribution in [0.2, 0.25) is 5.02 Å². The summed E-state index contributed by atoms with van der Waals surface area (Å²) >= 11 is 7.01. The van der Waals surface area contributed by atoms with Crippen molar-refractivity contribution in [2.45, 2.75) is 19.3 Å². The van der Waals surface area contributed by atoms with Crippen molar-refractivity contribution in [3.63, 3.8) is 0 Å². The lowest BCUT2D eigenvalue weighted by Gasteiger charge is -2.28. The number of halogens is 2. The predicted molar refractivity (Wildman–Crippen MR) is 120 cm³/mol. The average Bonchev–Trinajstić information content (AvgIpc) is 3.23. The smallest absolute Gasteiger partial charge is 0.323 e. The summed E-state index contributed by atoms with van der Waals surface area (Å²) in [5.41, 5.74) is 1.64. The van der Waals surface area contributed by atoms with Gasteiger partial charge in [-0.1, -0.05) is 29.3 Å². The summed E-state index contributed by atoms with van der Waals surface area (Å²) in [6.07, 6.45) is 4.02. The number of hydrogen-bond acceptors (Lipinski definition) is 6. The van der Waals surface area contributed by atoms with Gasteiger partial charge in [0.15, 0.2) is 0 Å². The minimum atomic E-state index is -0.333. The highest BCUT2D eigenvalue weighted by atomic mass is 35.5. The number of piperidine rings is 1. The predicted octanol–water partition coefficient (Wildman–Crippen LogP) is 3.92. The summed E-state index contributed by atoms with van der Waals surface area (Å²) in [6, 6.07) is 4.49. The molecule has 1 N–H and O–H groups in total. The lowest BCUT2D eigenvalue weighted by molar-refractivity contribution is 0.0382. The number of morpholine rings is 1. The zero-order chi connectivity index (χ0) is 21.6. The van der Waals surface area contributed by atoms with Crippen LogP contribution in [-0.4, -0.2) is 71.1 Å². The maximum absolute atomic E-state index is 14.0. The first-order valence-electron chi connectivity index (χ1n) is 10.4. The summed E-state index contributed by atoms with van der Waals surface area (Å²) in [5, 5.41) is 3.76. The Labute approximate surface area is 190 Å². The molecule has 0 bridgehead atoms. The zero-order valence-corrected chi connectivity index (χ0v) is 18.7. The van der Waals surface area contributed by atoms with E-state index in [0.29, 0.717) is 41.6 Å². The highest BCUT2D eigenvalue weighted by Gasteiger charge is 2.21. The fourth-order valence-corrected chi connectivity index (χ4v) is 4.40. The van der Waals surface area contributed by atoms with Gasteiger partial charge in [-0.25, -0.2) is 14.2 Å². The number of urea groups is 1. The second-order valence-corrected chi connectivity index (χ2v) is 8.79. The van der Waals surface area contributed by atoms with Gasteiger partial charge in [0.1, 0.15) is 11.6 Å². The number of benzene rings is 1. The minimum Gasteiger partial charge on any atom is -0.379 e. The van der Waals surface area contributed by atoms with Gasteiger partial charge in [0.05, 0.1) is 13.2 Å². The number of nitrogens with one attached hydrogen (secondary N) is 1. The number of carbonyl (C=O) groups excluding carboxylic acids is 1. The van der Waals surface area contributed by atoms with Crippen LogP contribution in [0.1, 0.15) is 24.2 Å². The Bertz CT molecular complexity index is 938. The number of carbonyl (C=O) groups is 1. The van der Waals surface area contributed by atoms with E-state index in [1.54, 1.807) is 17.0 Å². The van der Waals surface area contributed by atoms with Crippen molar-refractivity contribution in [3.8, 4) is 0 Å². The molecule has 1 aromatic carbocycles. The van der Waals surface area contributed by atoms with Crippen LogP contribution < -0.4 is 5.32 Å². The molecule has 2 aliphatic heterocycles. The number of likely N-dealkylation sites (tertiary alicyclic amines) is 1. The van der Waals surface area contributed by atoms with Crippen molar-refractivity contribution in [3.05, 3.63) is 46.0 Å². The van der Waals surface area contributed by atoms with Crippen molar-refractivity contribution >= 4 is 40.4 Å². The second kappa shape index (κ2) is 10.5. The summed E-state index contributed by atoms with van der Waals surface area (Å²) in [5.74, 6) is 0.418. The molecule has 7 nitrogen and oxygen atoms in total. The van der Waals surface area contributed by atoms with Gasteiger partial charge in [0.25, 0.3) is 0 Å². The van der Waals surface area contributed by atoms with Crippen LogP contribution in [0.3, 0.4) is 0 Å². The van der Waals surface area contributed by atoms with Crippen LogP contribution in [0, 0.1) is 5.82 Å². The van der Waals surface area contributed by atoms with E-state index in [-0.39, 0.29) is 11.8 Å². The molecule has 0 unspecified atom stereocenters. The number of aromatic nitrogens is 2. The first-order chi connectivity index (χ1) is 15.1. The number of hydrogen-bond donors (Lipinski definition) is 1. The largest absolute Gasteiger partial charge is 0.379 e. The van der Waals surface area contributed by atoms with E-state index < -0.39 is 0 Å². The SMILES string of the molecule is O=C(Nc1nc(CCN2CCOCC2)ns1)N1CCC(=Cc2ccc(Cl)cc2F)CC1. The Morgan fingerprint density at radius 1 is 1.26 bits per heavy atom. The quantitative estimate of drug-likeness (QED) is 0.724. The van der Waals surface area contributed by atoms with Crippen LogP contribution >= 0.6 is 23.1 Å². The van der Waals surface area contributed by atoms with Crippen molar-refractivity contribution < 1.29 is 13.9 Å². The van der Waals surface area contributed by atoms with E-state index in [0.717, 1.165) is 50.7 Å². The second-order valence-electron chi connectivity index (χ2n) is 7.61. The molecular formula is C21H25ClFN5O2S. The fraction of sp³-hybridized carbons (Fsp3) is 0.476. The molecule has 0 radical (unpaired) electrons. The molecule has 0 saturated carbocycles. The Hall–Kier alpha value is -2.07. The van der Waals surface area contributed by atoms with E-state index in [9.17, 15) is 9.18 Å². The van der Waals surface area contributed by atoms with Crippen LogP contribution in [0.25, 0.3) is 6.08 Å². The van der Waals surface area contributed by atoms with Crippen molar-refractivity contribution in [2.24, 2.45) is 0 Å². The van der Waals surface area contributed by atoms with Gasteiger partial charge in [-0.3, -0.25) is 10.2 Å². The molecule has 2 aromatic rings. The lowest BCUT2D eigenvalue weighted by Crippen LogP contribution is -2.39. The molecule has 4 rings (SSSR count). The van der Waals surface area contributed by atoms with Gasteiger partial charge in [0, 0.05) is 61.3 Å². The molecule has 166 valence electrons. The number of anilines is 1. The Morgan fingerprint density at radius 3 is 2.77 bits per heavy atom. The fourth-order valence-electron chi connectivity index (χ4n) is 3.64. The first kappa shape index (κ1) is 22.1. The number of rotatable bonds is 5. The first-order valence-corrected chi connectivity index (χ1v) is 11.5.